The lowest BCUT2D eigenvalue weighted by molar-refractivity contribution is 0.349. The predicted molar refractivity (Wildman–Crippen MR) is 72.8 cm³/mol. The fourth-order valence-electron chi connectivity index (χ4n) is 1.12. The van der Waals surface area contributed by atoms with Crippen molar-refractivity contribution in [1.82, 2.24) is 0 Å². The first kappa shape index (κ1) is 15.3. The van der Waals surface area contributed by atoms with Crippen LogP contribution >= 0.6 is 23.2 Å². The van der Waals surface area contributed by atoms with Gasteiger partial charge in [-0.25, -0.2) is 13.6 Å². The van der Waals surface area contributed by atoms with Gasteiger partial charge in [0, 0.05) is 0 Å². The van der Waals surface area contributed by atoms with Gasteiger partial charge in [0.15, 0.2) is 5.75 Å². The second kappa shape index (κ2) is 5.93. The molecule has 0 radical (unpaired) electrons. The molecule has 1 rings (SSSR count). The Kier molecular flexibility index (Phi) is 5.04. The summed E-state index contributed by atoms with van der Waals surface area (Å²) in [5, 5.41) is 5.17. The van der Waals surface area contributed by atoms with Crippen molar-refractivity contribution in [3.05, 3.63) is 34.3 Å². The molecule has 0 saturated carbocycles. The Balaban J connectivity index is 3.06. The summed E-state index contributed by atoms with van der Waals surface area (Å²) in [5.41, 5.74) is 0.873. The number of hydrogen-bond acceptors (Lipinski definition) is 3. The van der Waals surface area contributed by atoms with Crippen LogP contribution in [0.4, 0.5) is 0 Å². The third-order valence-corrected chi connectivity index (χ3v) is 3.68. The zero-order valence-electron chi connectivity index (χ0n) is 9.74. The molecule has 0 aliphatic heterocycles. The van der Waals surface area contributed by atoms with Gasteiger partial charge in [0.2, 0.25) is 10.0 Å². The Morgan fingerprint density at radius 3 is 2.28 bits per heavy atom. The Bertz CT molecular complexity index is 547. The zero-order chi connectivity index (χ0) is 13.9. The molecular formula is C11H13Cl2NO3S. The van der Waals surface area contributed by atoms with Crippen molar-refractivity contribution in [2.45, 2.75) is 18.2 Å². The second-order valence-electron chi connectivity index (χ2n) is 3.65. The number of ether oxygens (including phenoxy) is 1. The van der Waals surface area contributed by atoms with E-state index < -0.39 is 10.0 Å². The van der Waals surface area contributed by atoms with E-state index in [4.69, 9.17) is 33.1 Å². The summed E-state index contributed by atoms with van der Waals surface area (Å²) in [6.45, 7) is 5.99. The highest BCUT2D eigenvalue weighted by Gasteiger charge is 2.15. The highest BCUT2D eigenvalue weighted by atomic mass is 35.5. The van der Waals surface area contributed by atoms with Crippen molar-refractivity contribution in [2.24, 2.45) is 5.14 Å². The van der Waals surface area contributed by atoms with Gasteiger partial charge in [-0.1, -0.05) is 36.7 Å². The van der Waals surface area contributed by atoms with Crippen LogP contribution in [0.1, 0.15) is 13.3 Å². The molecule has 18 heavy (non-hydrogen) atoms. The van der Waals surface area contributed by atoms with Crippen LogP contribution in [-0.2, 0) is 10.0 Å². The molecule has 0 fully saturated rings. The molecule has 0 aliphatic rings. The monoisotopic (exact) mass is 309 g/mol. The highest BCUT2D eigenvalue weighted by Crippen LogP contribution is 2.35. The lowest BCUT2D eigenvalue weighted by Gasteiger charge is -2.11. The summed E-state index contributed by atoms with van der Waals surface area (Å²) in [5.74, 6) is 0.223. The van der Waals surface area contributed by atoms with E-state index in [-0.39, 0.29) is 27.3 Å². The van der Waals surface area contributed by atoms with Crippen molar-refractivity contribution in [3.8, 4) is 5.75 Å². The number of rotatable bonds is 5. The minimum atomic E-state index is -3.84. The largest absolute Gasteiger partial charge is 0.486 e. The topological polar surface area (TPSA) is 69.4 Å². The van der Waals surface area contributed by atoms with Crippen LogP contribution in [0.5, 0.6) is 5.75 Å². The van der Waals surface area contributed by atoms with Gasteiger partial charge in [-0.05, 0) is 24.1 Å². The quantitative estimate of drug-likeness (QED) is 0.850. The number of nitrogens with two attached hydrogens (primary N) is 1. The summed E-state index contributed by atoms with van der Waals surface area (Å²) >= 11 is 11.8. The molecule has 100 valence electrons. The Morgan fingerprint density at radius 2 is 1.89 bits per heavy atom. The van der Waals surface area contributed by atoms with Gasteiger partial charge in [0.1, 0.15) is 6.61 Å². The Hall–Kier alpha value is -0.750. The maximum absolute atomic E-state index is 11.2. The number of primary sulfonamides is 1. The summed E-state index contributed by atoms with van der Waals surface area (Å²) < 4.78 is 27.7. The lowest BCUT2D eigenvalue weighted by atomic mass is 10.2. The van der Waals surface area contributed by atoms with Crippen molar-refractivity contribution >= 4 is 33.2 Å². The third-order valence-electron chi connectivity index (χ3n) is 2.22. The van der Waals surface area contributed by atoms with E-state index in [9.17, 15) is 8.42 Å². The van der Waals surface area contributed by atoms with E-state index in [2.05, 4.69) is 6.58 Å². The first-order chi connectivity index (χ1) is 8.25. The normalized spacial score (nSPS) is 11.3. The minimum absolute atomic E-state index is 0.0930. The molecule has 0 atom stereocenters. The molecule has 0 aromatic heterocycles. The molecular weight excluding hydrogens is 297 g/mol. The smallest absolute Gasteiger partial charge is 0.238 e. The third kappa shape index (κ3) is 3.88. The van der Waals surface area contributed by atoms with Crippen molar-refractivity contribution in [2.75, 3.05) is 6.61 Å². The fraction of sp³-hybridized carbons (Fsp3) is 0.273. The maximum Gasteiger partial charge on any atom is 0.238 e. The van der Waals surface area contributed by atoms with E-state index in [0.29, 0.717) is 0 Å². The van der Waals surface area contributed by atoms with Gasteiger partial charge in [-0.15, -0.1) is 0 Å². The summed E-state index contributed by atoms with van der Waals surface area (Å²) in [7, 11) is -3.84. The van der Waals surface area contributed by atoms with Crippen LogP contribution in [0.15, 0.2) is 29.2 Å². The molecule has 1 aromatic rings. The Labute approximate surface area is 116 Å². The summed E-state index contributed by atoms with van der Waals surface area (Å²) in [6, 6.07) is 2.40. The van der Waals surface area contributed by atoms with Crippen LogP contribution in [0, 0.1) is 0 Å². The lowest BCUT2D eigenvalue weighted by Crippen LogP contribution is -2.12. The number of halogens is 2. The predicted octanol–water partition coefficient (Wildman–Crippen LogP) is 2.99. The first-order valence-electron chi connectivity index (χ1n) is 5.07. The van der Waals surface area contributed by atoms with E-state index in [1.807, 2.05) is 6.92 Å². The van der Waals surface area contributed by atoms with Crippen LogP contribution < -0.4 is 9.88 Å². The average molecular weight is 310 g/mol. The van der Waals surface area contributed by atoms with Crippen LogP contribution in [0.25, 0.3) is 0 Å². The molecule has 0 heterocycles. The van der Waals surface area contributed by atoms with E-state index in [0.717, 1.165) is 12.0 Å². The summed E-state index contributed by atoms with van der Waals surface area (Å²) in [4.78, 5) is -0.154. The van der Waals surface area contributed by atoms with E-state index in [1.54, 1.807) is 0 Å². The molecule has 2 N–H and O–H groups in total. The van der Waals surface area contributed by atoms with Crippen molar-refractivity contribution in [1.29, 1.82) is 0 Å². The number of sulfonamides is 1. The zero-order valence-corrected chi connectivity index (χ0v) is 12.1. The van der Waals surface area contributed by atoms with E-state index >= 15 is 0 Å². The molecule has 0 spiro atoms. The standard InChI is InChI=1S/C11H13Cl2NO3S/c1-3-7(2)6-17-11-9(12)4-8(5-10(11)13)18(14,15)16/h4-5H,2-3,6H2,1H3,(H2,14,15,16). The first-order valence-corrected chi connectivity index (χ1v) is 7.37. The SMILES string of the molecule is C=C(CC)COc1c(Cl)cc(S(N)(=O)=O)cc1Cl. The summed E-state index contributed by atoms with van der Waals surface area (Å²) in [6.07, 6.45) is 0.768. The van der Waals surface area contributed by atoms with Crippen molar-refractivity contribution < 1.29 is 13.2 Å². The molecule has 0 saturated heterocycles. The molecule has 7 heteroatoms. The molecule has 4 nitrogen and oxygen atoms in total. The Morgan fingerprint density at radius 1 is 1.39 bits per heavy atom. The van der Waals surface area contributed by atoms with Gasteiger partial charge in [-0.2, -0.15) is 0 Å². The molecule has 0 unspecified atom stereocenters. The van der Waals surface area contributed by atoms with Gasteiger partial charge in [0.25, 0.3) is 0 Å². The average Bonchev–Trinajstić information content (AvgIpc) is 2.26. The highest BCUT2D eigenvalue weighted by molar-refractivity contribution is 7.89. The van der Waals surface area contributed by atoms with Gasteiger partial charge < -0.3 is 4.74 Å². The van der Waals surface area contributed by atoms with Crippen LogP contribution in [0.3, 0.4) is 0 Å². The van der Waals surface area contributed by atoms with Crippen LogP contribution in [0.2, 0.25) is 10.0 Å². The van der Waals surface area contributed by atoms with Crippen molar-refractivity contribution in [3.63, 3.8) is 0 Å². The molecule has 1 aromatic carbocycles. The minimum Gasteiger partial charge on any atom is -0.486 e. The molecule has 0 aliphatic carbocycles. The van der Waals surface area contributed by atoms with Gasteiger partial charge >= 0.3 is 0 Å². The number of benzene rings is 1. The second-order valence-corrected chi connectivity index (χ2v) is 6.03. The maximum atomic E-state index is 11.2. The molecule has 0 amide bonds. The number of hydrogen-bond donors (Lipinski definition) is 1. The fourth-order valence-corrected chi connectivity index (χ4v) is 2.40. The van der Waals surface area contributed by atoms with Gasteiger partial charge in [-0.3, -0.25) is 0 Å². The van der Waals surface area contributed by atoms with E-state index in [1.165, 1.54) is 12.1 Å². The van der Waals surface area contributed by atoms with Gasteiger partial charge in [0.05, 0.1) is 14.9 Å². The molecule has 0 bridgehead atoms. The van der Waals surface area contributed by atoms with Crippen LogP contribution in [-0.4, -0.2) is 15.0 Å².